The zero-order valence-corrected chi connectivity index (χ0v) is 31.1. The lowest BCUT2D eigenvalue weighted by molar-refractivity contribution is 0.660. The van der Waals surface area contributed by atoms with E-state index >= 15 is 0 Å². The van der Waals surface area contributed by atoms with Crippen LogP contribution in [0.25, 0.3) is 94.7 Å². The Bertz CT molecular complexity index is 3100. The molecule has 0 saturated carbocycles. The molecule has 2 aromatic heterocycles. The smallest absolute Gasteiger partial charge is 0.164 e. The van der Waals surface area contributed by atoms with Gasteiger partial charge in [-0.15, -0.1) is 0 Å². The number of hydrogen-bond donors (Lipinski definition) is 0. The van der Waals surface area contributed by atoms with Crippen LogP contribution in [0.1, 0.15) is 25.0 Å². The lowest BCUT2D eigenvalue weighted by Gasteiger charge is -2.21. The first-order chi connectivity index (χ1) is 27.5. The highest BCUT2D eigenvalue weighted by Crippen LogP contribution is 2.52. The summed E-state index contributed by atoms with van der Waals surface area (Å²) in [6.45, 7) is 4.69. The van der Waals surface area contributed by atoms with Crippen LogP contribution in [-0.2, 0) is 5.41 Å². The van der Waals surface area contributed by atoms with Gasteiger partial charge in [0.15, 0.2) is 17.5 Å². The van der Waals surface area contributed by atoms with Gasteiger partial charge in [0.2, 0.25) is 0 Å². The monoisotopic (exact) mass is 716 g/mol. The molecule has 4 nitrogen and oxygen atoms in total. The third-order valence-corrected chi connectivity index (χ3v) is 11.6. The predicted octanol–water partition coefficient (Wildman–Crippen LogP) is 13.1. The molecule has 0 amide bonds. The van der Waals surface area contributed by atoms with Gasteiger partial charge in [0.05, 0.1) is 16.7 Å². The van der Waals surface area contributed by atoms with Crippen molar-refractivity contribution in [2.75, 3.05) is 0 Å². The number of rotatable bonds is 5. The van der Waals surface area contributed by atoms with E-state index in [0.29, 0.717) is 17.5 Å². The van der Waals surface area contributed by atoms with E-state index in [2.05, 4.69) is 164 Å². The molecular weight excluding hydrogens is 681 g/mol. The highest BCUT2D eigenvalue weighted by Gasteiger charge is 2.36. The largest absolute Gasteiger partial charge is 0.309 e. The van der Waals surface area contributed by atoms with Gasteiger partial charge in [-0.3, -0.25) is 0 Å². The fourth-order valence-corrected chi connectivity index (χ4v) is 8.92. The molecule has 0 aliphatic heterocycles. The van der Waals surface area contributed by atoms with Crippen molar-refractivity contribution in [1.82, 2.24) is 19.5 Å². The lowest BCUT2D eigenvalue weighted by atomic mass is 9.82. The zero-order chi connectivity index (χ0) is 37.4. The second-order valence-electron chi connectivity index (χ2n) is 15.2. The van der Waals surface area contributed by atoms with Gasteiger partial charge in [-0.2, -0.15) is 0 Å². The average Bonchev–Trinajstić information content (AvgIpc) is 3.71. The second-order valence-corrected chi connectivity index (χ2v) is 15.2. The van der Waals surface area contributed by atoms with Crippen LogP contribution < -0.4 is 0 Å². The van der Waals surface area contributed by atoms with Crippen LogP contribution in [-0.4, -0.2) is 19.5 Å². The summed E-state index contributed by atoms with van der Waals surface area (Å²) in [5, 5.41) is 4.77. The Morgan fingerprint density at radius 1 is 0.393 bits per heavy atom. The Labute approximate surface area is 325 Å². The van der Waals surface area contributed by atoms with Gasteiger partial charge < -0.3 is 4.57 Å². The predicted molar refractivity (Wildman–Crippen MR) is 231 cm³/mol. The summed E-state index contributed by atoms with van der Waals surface area (Å²) in [5.41, 5.74) is 14.0. The zero-order valence-electron chi connectivity index (χ0n) is 31.1. The van der Waals surface area contributed by atoms with Crippen molar-refractivity contribution >= 4 is 32.6 Å². The summed E-state index contributed by atoms with van der Waals surface area (Å²) in [4.78, 5) is 15.2. The van der Waals surface area contributed by atoms with Crippen molar-refractivity contribution in [3.63, 3.8) is 0 Å². The first-order valence-corrected chi connectivity index (χ1v) is 19.2. The highest BCUT2D eigenvalue weighted by atomic mass is 15.0. The maximum absolute atomic E-state index is 5.10. The summed E-state index contributed by atoms with van der Waals surface area (Å²) >= 11 is 0. The lowest BCUT2D eigenvalue weighted by Crippen LogP contribution is -2.14. The summed E-state index contributed by atoms with van der Waals surface area (Å²) < 4.78 is 2.42. The average molecular weight is 717 g/mol. The molecule has 0 radical (unpaired) electrons. The maximum Gasteiger partial charge on any atom is 0.164 e. The fourth-order valence-electron chi connectivity index (χ4n) is 8.92. The molecule has 0 N–H and O–H groups in total. The van der Waals surface area contributed by atoms with Gasteiger partial charge in [0.1, 0.15) is 0 Å². The Morgan fingerprint density at radius 2 is 0.982 bits per heavy atom. The van der Waals surface area contributed by atoms with E-state index in [9.17, 15) is 0 Å². The van der Waals surface area contributed by atoms with Gasteiger partial charge in [-0.1, -0.05) is 172 Å². The summed E-state index contributed by atoms with van der Waals surface area (Å²) in [7, 11) is 0. The molecule has 8 aromatic carbocycles. The van der Waals surface area contributed by atoms with Crippen LogP contribution in [0.3, 0.4) is 0 Å². The van der Waals surface area contributed by atoms with E-state index in [0.717, 1.165) is 33.4 Å². The number of nitrogens with zero attached hydrogens (tertiary/aromatic N) is 4. The number of hydrogen-bond acceptors (Lipinski definition) is 3. The van der Waals surface area contributed by atoms with Crippen LogP contribution in [0.15, 0.2) is 182 Å². The molecule has 0 unspecified atom stereocenters. The molecule has 2 heterocycles. The van der Waals surface area contributed by atoms with E-state index in [-0.39, 0.29) is 5.41 Å². The molecule has 11 rings (SSSR count). The molecule has 0 bridgehead atoms. The molecule has 4 heteroatoms. The molecule has 0 atom stereocenters. The summed E-state index contributed by atoms with van der Waals surface area (Å²) in [6, 6.07) is 64.9. The minimum absolute atomic E-state index is 0.0669. The normalized spacial score (nSPS) is 13.0. The Balaban J connectivity index is 1.17. The van der Waals surface area contributed by atoms with Crippen LogP contribution >= 0.6 is 0 Å². The first-order valence-electron chi connectivity index (χ1n) is 19.2. The minimum atomic E-state index is -0.0669. The molecule has 0 spiro atoms. The molecule has 0 saturated heterocycles. The van der Waals surface area contributed by atoms with Crippen LogP contribution in [0, 0.1) is 0 Å². The standard InChI is InChI=1S/C52H36N4/c1-52(2)43-24-12-11-22-41(43)48-39(23-14-25-44(48)52)36-28-30-46-42(31-36)40-29-27-37(32-47(40)56(46)45-26-13-20-33-15-9-10-21-38(33)45)51-54-49(34-16-5-3-6-17-34)53-50(55-51)35-18-7-4-8-19-35/h3-32H,1-2H3. The third kappa shape index (κ3) is 4.96. The minimum Gasteiger partial charge on any atom is -0.309 e. The number of aromatic nitrogens is 4. The number of fused-ring (bicyclic) bond motifs is 7. The summed E-state index contributed by atoms with van der Waals surface area (Å²) in [6.07, 6.45) is 0. The van der Waals surface area contributed by atoms with Crippen molar-refractivity contribution in [3.05, 3.63) is 193 Å². The van der Waals surface area contributed by atoms with Gasteiger partial charge in [-0.25, -0.2) is 15.0 Å². The van der Waals surface area contributed by atoms with Gasteiger partial charge in [-0.05, 0) is 63.0 Å². The van der Waals surface area contributed by atoms with E-state index in [1.807, 2.05) is 36.4 Å². The van der Waals surface area contributed by atoms with E-state index in [1.54, 1.807) is 0 Å². The Morgan fingerprint density at radius 3 is 1.75 bits per heavy atom. The first kappa shape index (κ1) is 32.3. The van der Waals surface area contributed by atoms with Crippen molar-refractivity contribution in [1.29, 1.82) is 0 Å². The Kier molecular flexibility index (Phi) is 7.17. The molecule has 264 valence electrons. The fraction of sp³-hybridized carbons (Fsp3) is 0.0577. The van der Waals surface area contributed by atoms with E-state index in [1.165, 1.54) is 54.9 Å². The van der Waals surface area contributed by atoms with Crippen molar-refractivity contribution in [2.45, 2.75) is 19.3 Å². The van der Waals surface area contributed by atoms with Gasteiger partial charge >= 0.3 is 0 Å². The van der Waals surface area contributed by atoms with Crippen LogP contribution in [0.4, 0.5) is 0 Å². The van der Waals surface area contributed by atoms with E-state index in [4.69, 9.17) is 15.0 Å². The summed E-state index contributed by atoms with van der Waals surface area (Å²) in [5.74, 6) is 1.93. The van der Waals surface area contributed by atoms with Gasteiger partial charge in [0, 0.05) is 38.3 Å². The van der Waals surface area contributed by atoms with E-state index < -0.39 is 0 Å². The van der Waals surface area contributed by atoms with Crippen LogP contribution in [0.5, 0.6) is 0 Å². The Hall–Kier alpha value is -7.17. The highest BCUT2D eigenvalue weighted by molar-refractivity contribution is 6.13. The van der Waals surface area contributed by atoms with Crippen LogP contribution in [0.2, 0.25) is 0 Å². The maximum atomic E-state index is 5.10. The topological polar surface area (TPSA) is 43.6 Å². The van der Waals surface area contributed by atoms with Crippen molar-refractivity contribution in [2.24, 2.45) is 0 Å². The number of benzene rings is 8. The molecule has 56 heavy (non-hydrogen) atoms. The SMILES string of the molecule is CC1(C)c2ccccc2-c2c(-c3ccc4c(c3)c3ccc(-c5nc(-c6ccccc6)nc(-c6ccccc6)n5)cc3n4-c3cccc4ccccc34)cccc21. The molecule has 0 fully saturated rings. The van der Waals surface area contributed by atoms with Gasteiger partial charge in [0.25, 0.3) is 0 Å². The van der Waals surface area contributed by atoms with Crippen molar-refractivity contribution in [3.8, 4) is 62.1 Å². The quantitative estimate of drug-likeness (QED) is 0.178. The second kappa shape index (κ2) is 12.4. The van der Waals surface area contributed by atoms with Crippen molar-refractivity contribution < 1.29 is 0 Å². The molecule has 1 aliphatic rings. The molecule has 1 aliphatic carbocycles. The molecule has 10 aromatic rings. The molecular formula is C52H36N4. The third-order valence-electron chi connectivity index (χ3n) is 11.6.